The van der Waals surface area contributed by atoms with Crippen molar-refractivity contribution in [1.29, 1.82) is 0 Å². The van der Waals surface area contributed by atoms with E-state index in [0.717, 1.165) is 6.54 Å². The third-order valence-electron chi connectivity index (χ3n) is 2.56. The van der Waals surface area contributed by atoms with Crippen molar-refractivity contribution in [2.24, 2.45) is 11.1 Å². The molecule has 0 aliphatic carbocycles. The summed E-state index contributed by atoms with van der Waals surface area (Å²) in [6.07, 6.45) is 0. The largest absolute Gasteiger partial charge is 0.360 e. The number of nitrogens with two attached hydrogens (primary N) is 1. The number of anilines is 1. The number of hydrogen-bond acceptors (Lipinski definition) is 5. The third-order valence-corrected chi connectivity index (χ3v) is 2.56. The highest BCUT2D eigenvalue weighted by Crippen LogP contribution is 2.13. The van der Waals surface area contributed by atoms with Crippen LogP contribution in [-0.4, -0.2) is 42.6 Å². The van der Waals surface area contributed by atoms with Gasteiger partial charge < -0.3 is 15.6 Å². The average molecular weight is 291 g/mol. The Morgan fingerprint density at radius 3 is 2.68 bits per heavy atom. The Morgan fingerprint density at radius 2 is 2.21 bits per heavy atom. The predicted octanol–water partition coefficient (Wildman–Crippen LogP) is 1.26. The number of aromatic nitrogens is 1. The molecule has 19 heavy (non-hydrogen) atoms. The minimum atomic E-state index is -0.112. The van der Waals surface area contributed by atoms with Crippen LogP contribution in [0.1, 0.15) is 19.6 Å². The van der Waals surface area contributed by atoms with Crippen molar-refractivity contribution in [2.75, 3.05) is 32.0 Å². The Morgan fingerprint density at radius 1 is 1.58 bits per heavy atom. The average Bonchev–Trinajstić information content (AvgIpc) is 2.62. The monoisotopic (exact) mass is 290 g/mol. The number of nitrogens with one attached hydrogen (secondary N) is 1. The number of carbonyl (C=O) groups excluding carboxylic acids is 1. The Labute approximate surface area is 120 Å². The van der Waals surface area contributed by atoms with Crippen LogP contribution in [0.5, 0.6) is 0 Å². The van der Waals surface area contributed by atoms with Crippen LogP contribution in [0.4, 0.5) is 5.82 Å². The van der Waals surface area contributed by atoms with Crippen LogP contribution in [0.2, 0.25) is 0 Å². The smallest absolute Gasteiger partial charge is 0.239 e. The molecule has 0 fully saturated rings. The van der Waals surface area contributed by atoms with Crippen LogP contribution in [0.25, 0.3) is 0 Å². The van der Waals surface area contributed by atoms with Crippen LogP contribution in [0.3, 0.4) is 0 Å². The van der Waals surface area contributed by atoms with Gasteiger partial charge in [0.15, 0.2) is 5.82 Å². The fourth-order valence-electron chi connectivity index (χ4n) is 1.70. The van der Waals surface area contributed by atoms with Crippen molar-refractivity contribution in [3.8, 4) is 0 Å². The van der Waals surface area contributed by atoms with E-state index in [4.69, 9.17) is 10.3 Å². The standard InChI is InChI=1S/C12H22N4O2.ClH/c1-9-5-10(15-18-9)14-11(17)6-16(4)8-12(2,3)7-13;/h5H,6-8,13H2,1-4H3,(H,14,15,17);1H. The van der Waals surface area contributed by atoms with Crippen molar-refractivity contribution in [3.05, 3.63) is 11.8 Å². The van der Waals surface area contributed by atoms with Crippen LogP contribution >= 0.6 is 12.4 Å². The lowest BCUT2D eigenvalue weighted by atomic mass is 9.93. The van der Waals surface area contributed by atoms with Gasteiger partial charge in [0.05, 0.1) is 6.54 Å². The first-order valence-electron chi connectivity index (χ1n) is 5.94. The van der Waals surface area contributed by atoms with Crippen LogP contribution in [-0.2, 0) is 4.79 Å². The molecule has 0 aliphatic rings. The van der Waals surface area contributed by atoms with E-state index in [1.165, 1.54) is 0 Å². The fourth-order valence-corrected chi connectivity index (χ4v) is 1.70. The Bertz CT molecular complexity index is 406. The third kappa shape index (κ3) is 6.56. The molecule has 0 bridgehead atoms. The number of likely N-dealkylation sites (N-methyl/N-ethyl adjacent to an activating group) is 1. The number of hydrogen-bond donors (Lipinski definition) is 2. The van der Waals surface area contributed by atoms with Crippen molar-refractivity contribution in [2.45, 2.75) is 20.8 Å². The highest BCUT2D eigenvalue weighted by Gasteiger charge is 2.19. The van der Waals surface area contributed by atoms with Crippen LogP contribution in [0, 0.1) is 12.3 Å². The molecule has 1 heterocycles. The maximum absolute atomic E-state index is 11.7. The molecular formula is C12H23ClN4O2. The summed E-state index contributed by atoms with van der Waals surface area (Å²) in [6, 6.07) is 1.68. The summed E-state index contributed by atoms with van der Waals surface area (Å²) in [5, 5.41) is 6.39. The normalized spacial score (nSPS) is 11.3. The van der Waals surface area contributed by atoms with E-state index < -0.39 is 0 Å². The maximum Gasteiger partial charge on any atom is 0.239 e. The van der Waals surface area contributed by atoms with E-state index in [0.29, 0.717) is 24.7 Å². The van der Waals surface area contributed by atoms with E-state index in [1.54, 1.807) is 13.0 Å². The van der Waals surface area contributed by atoms with Gasteiger partial charge in [-0.15, -0.1) is 12.4 Å². The molecule has 1 rings (SSSR count). The lowest BCUT2D eigenvalue weighted by Gasteiger charge is -2.28. The zero-order valence-corrected chi connectivity index (χ0v) is 12.7. The summed E-state index contributed by atoms with van der Waals surface area (Å²) >= 11 is 0. The molecule has 1 aromatic rings. The van der Waals surface area contributed by atoms with Gasteiger partial charge in [0.2, 0.25) is 5.91 Å². The summed E-state index contributed by atoms with van der Waals surface area (Å²) in [6.45, 7) is 7.56. The molecular weight excluding hydrogens is 268 g/mol. The molecule has 0 aromatic carbocycles. The predicted molar refractivity (Wildman–Crippen MR) is 77.5 cm³/mol. The van der Waals surface area contributed by atoms with E-state index in [1.807, 2.05) is 11.9 Å². The van der Waals surface area contributed by atoms with E-state index >= 15 is 0 Å². The SMILES string of the molecule is Cc1cc(NC(=O)CN(C)CC(C)(C)CN)no1.Cl. The summed E-state index contributed by atoms with van der Waals surface area (Å²) in [5.41, 5.74) is 5.66. The molecule has 1 aromatic heterocycles. The van der Waals surface area contributed by atoms with Crippen molar-refractivity contribution < 1.29 is 9.32 Å². The summed E-state index contributed by atoms with van der Waals surface area (Å²) in [4.78, 5) is 13.7. The minimum absolute atomic E-state index is 0. The summed E-state index contributed by atoms with van der Waals surface area (Å²) in [7, 11) is 1.89. The molecule has 0 unspecified atom stereocenters. The number of aryl methyl sites for hydroxylation is 1. The fraction of sp³-hybridized carbons (Fsp3) is 0.667. The second-order valence-electron chi connectivity index (χ2n) is 5.41. The van der Waals surface area contributed by atoms with E-state index in [2.05, 4.69) is 24.3 Å². The highest BCUT2D eigenvalue weighted by molar-refractivity contribution is 5.91. The zero-order valence-electron chi connectivity index (χ0n) is 11.9. The molecule has 1 amide bonds. The number of carbonyl (C=O) groups is 1. The summed E-state index contributed by atoms with van der Waals surface area (Å²) in [5.74, 6) is 1.01. The van der Waals surface area contributed by atoms with E-state index in [-0.39, 0.29) is 23.7 Å². The van der Waals surface area contributed by atoms with Crippen LogP contribution < -0.4 is 11.1 Å². The first kappa shape index (κ1) is 17.9. The maximum atomic E-state index is 11.7. The molecule has 0 spiro atoms. The topological polar surface area (TPSA) is 84.4 Å². The Balaban J connectivity index is 0.00000324. The minimum Gasteiger partial charge on any atom is -0.360 e. The van der Waals surface area contributed by atoms with Gasteiger partial charge in [0.25, 0.3) is 0 Å². The van der Waals surface area contributed by atoms with Gasteiger partial charge in [0, 0.05) is 12.6 Å². The molecule has 0 aliphatic heterocycles. The van der Waals surface area contributed by atoms with Gasteiger partial charge in [-0.3, -0.25) is 9.69 Å². The van der Waals surface area contributed by atoms with Gasteiger partial charge in [-0.2, -0.15) is 0 Å². The van der Waals surface area contributed by atoms with Gasteiger partial charge >= 0.3 is 0 Å². The van der Waals surface area contributed by atoms with Gasteiger partial charge in [-0.25, -0.2) is 0 Å². The lowest BCUT2D eigenvalue weighted by Crippen LogP contribution is -2.40. The van der Waals surface area contributed by atoms with E-state index in [9.17, 15) is 4.79 Å². The van der Waals surface area contributed by atoms with Crippen LogP contribution in [0.15, 0.2) is 10.6 Å². The second-order valence-corrected chi connectivity index (χ2v) is 5.41. The molecule has 7 heteroatoms. The van der Waals surface area contributed by atoms with Crippen molar-refractivity contribution in [1.82, 2.24) is 10.1 Å². The molecule has 6 nitrogen and oxygen atoms in total. The van der Waals surface area contributed by atoms with Gasteiger partial charge in [0.1, 0.15) is 5.76 Å². The number of rotatable bonds is 6. The Kier molecular flexibility index (Phi) is 7.04. The zero-order chi connectivity index (χ0) is 13.8. The molecule has 0 radical (unpaired) electrons. The first-order valence-corrected chi connectivity index (χ1v) is 5.94. The number of halogens is 1. The molecule has 0 saturated carbocycles. The molecule has 0 atom stereocenters. The summed E-state index contributed by atoms with van der Waals surface area (Å²) < 4.78 is 4.87. The first-order chi connectivity index (χ1) is 8.32. The van der Waals surface area contributed by atoms with Gasteiger partial charge in [-0.05, 0) is 25.9 Å². The van der Waals surface area contributed by atoms with Crippen molar-refractivity contribution in [3.63, 3.8) is 0 Å². The molecule has 0 saturated heterocycles. The Hall–Kier alpha value is -1.11. The second kappa shape index (κ2) is 7.47. The molecule has 3 N–H and O–H groups in total. The number of nitrogens with zero attached hydrogens (tertiary/aromatic N) is 2. The quantitative estimate of drug-likeness (QED) is 0.824. The molecule has 110 valence electrons. The lowest BCUT2D eigenvalue weighted by molar-refractivity contribution is -0.117. The number of amides is 1. The highest BCUT2D eigenvalue weighted by atomic mass is 35.5. The van der Waals surface area contributed by atoms with Gasteiger partial charge in [-0.1, -0.05) is 19.0 Å². The van der Waals surface area contributed by atoms with Crippen molar-refractivity contribution >= 4 is 24.1 Å².